The molecule has 3 N–H and O–H groups in total. The second-order valence-electron chi connectivity index (χ2n) is 29.0. The summed E-state index contributed by atoms with van der Waals surface area (Å²) in [6, 6.07) is -4.48. The minimum atomic E-state index is -1.69. The Kier molecular flexibility index (Phi) is 30.7. The molecule has 2 heterocycles. The summed E-state index contributed by atoms with van der Waals surface area (Å²) in [4.78, 5) is 187. The van der Waals surface area contributed by atoms with Crippen LogP contribution in [0.2, 0.25) is 0 Å². The number of carbonyl (C=O) groups is 12. The van der Waals surface area contributed by atoms with Gasteiger partial charge in [-0.1, -0.05) is 104 Å². The summed E-state index contributed by atoms with van der Waals surface area (Å²) < 4.78 is 5.96. The van der Waals surface area contributed by atoms with Gasteiger partial charge in [-0.25, -0.2) is 9.78 Å². The van der Waals surface area contributed by atoms with E-state index in [1.807, 2.05) is 55.4 Å². The number of likely N-dealkylation sites (N-methyl/N-ethyl adjacent to an activating group) is 7. The number of carboxylic acids is 1. The van der Waals surface area contributed by atoms with Gasteiger partial charge in [0.25, 0.3) is 0 Å². The fourth-order valence-corrected chi connectivity index (χ4v) is 12.6. The van der Waals surface area contributed by atoms with Crippen LogP contribution < -0.4 is 5.32 Å². The van der Waals surface area contributed by atoms with Gasteiger partial charge in [0, 0.05) is 92.8 Å². The van der Waals surface area contributed by atoms with Crippen molar-refractivity contribution in [2.45, 2.75) is 217 Å². The highest BCUT2D eigenvalue weighted by atomic mass is 16.4. The van der Waals surface area contributed by atoms with E-state index in [9.17, 15) is 48.6 Å². The number of aliphatic hydroxyl groups excluding tert-OH is 1. The molecule has 1 saturated heterocycles. The summed E-state index contributed by atoms with van der Waals surface area (Å²) >= 11 is 0. The lowest BCUT2D eigenvalue weighted by Gasteiger charge is -2.41. The third-order valence-electron chi connectivity index (χ3n) is 18.5. The number of hydrogen-bond donors (Lipinski definition) is 3. The van der Waals surface area contributed by atoms with Crippen molar-refractivity contribution in [1.29, 1.82) is 0 Å². The second kappa shape index (κ2) is 35.6. The summed E-state index contributed by atoms with van der Waals surface area (Å²) in [5.74, 6) is -13.2. The van der Waals surface area contributed by atoms with E-state index in [-0.39, 0.29) is 97.6 Å². The van der Waals surface area contributed by atoms with Crippen molar-refractivity contribution in [3.05, 3.63) is 29.7 Å². The van der Waals surface area contributed by atoms with Gasteiger partial charge in [0.15, 0.2) is 28.8 Å². The topological polar surface area (TPSA) is 306 Å². The zero-order valence-corrected chi connectivity index (χ0v) is 60.5. The first kappa shape index (κ1) is 81.1. The monoisotopic (exact) mass is 1320 g/mol. The predicted molar refractivity (Wildman–Crippen MR) is 357 cm³/mol. The first-order chi connectivity index (χ1) is 43.5. The smallest absolute Gasteiger partial charge is 0.335 e. The van der Waals surface area contributed by atoms with Gasteiger partial charge in [-0.15, -0.1) is 0 Å². The molecule has 0 bridgehead atoms. The summed E-state index contributed by atoms with van der Waals surface area (Å²) in [6.45, 7) is 27.8. The molecule has 1 aliphatic rings. The van der Waals surface area contributed by atoms with Crippen LogP contribution in [0.3, 0.4) is 0 Å². The maximum atomic E-state index is 15.4. The highest BCUT2D eigenvalue weighted by molar-refractivity contribution is 6.00. The molecule has 1 aromatic carbocycles. The Morgan fingerprint density at radius 2 is 1.03 bits per heavy atom. The Bertz CT molecular complexity index is 3010. The molecule has 0 unspecified atom stereocenters. The van der Waals surface area contributed by atoms with Crippen LogP contribution in [-0.2, 0) is 59.2 Å². The molecule has 3 rings (SSSR count). The normalized spacial score (nSPS) is 25.6. The van der Waals surface area contributed by atoms with Crippen molar-refractivity contribution in [2.24, 2.45) is 59.2 Å². The number of oxazole rings is 1. The Balaban J connectivity index is 2.33. The second-order valence-corrected chi connectivity index (χ2v) is 29.0. The minimum absolute atomic E-state index is 0.0387. The van der Waals surface area contributed by atoms with E-state index in [0.717, 1.165) is 9.80 Å². The zero-order chi connectivity index (χ0) is 72.0. The summed E-state index contributed by atoms with van der Waals surface area (Å²) in [6.07, 6.45) is -2.17. The van der Waals surface area contributed by atoms with Crippen LogP contribution in [0.25, 0.3) is 11.1 Å². The lowest BCUT2D eigenvalue weighted by atomic mass is 9.84. The molecule has 8 amide bonds. The minimum Gasteiger partial charge on any atom is -0.478 e. The summed E-state index contributed by atoms with van der Waals surface area (Å²) in [5.41, 5.74) is 0.454. The van der Waals surface area contributed by atoms with Gasteiger partial charge in [-0.2, -0.15) is 0 Å². The molecule has 0 aliphatic carbocycles. The highest BCUT2D eigenvalue weighted by Gasteiger charge is 2.46. The van der Waals surface area contributed by atoms with E-state index in [1.54, 1.807) is 48.5 Å². The van der Waals surface area contributed by atoms with E-state index >= 15 is 19.2 Å². The maximum Gasteiger partial charge on any atom is 0.335 e. The largest absolute Gasteiger partial charge is 0.478 e. The van der Waals surface area contributed by atoms with Crippen LogP contribution in [0.4, 0.5) is 0 Å². The van der Waals surface area contributed by atoms with Gasteiger partial charge < -0.3 is 54.2 Å². The van der Waals surface area contributed by atoms with Gasteiger partial charge in [0.1, 0.15) is 35.7 Å². The number of rotatable bonds is 16. The molecule has 0 spiro atoms. The van der Waals surface area contributed by atoms with E-state index in [0.29, 0.717) is 0 Å². The molecule has 528 valence electrons. The first-order valence-corrected chi connectivity index (χ1v) is 33.5. The zero-order valence-electron chi connectivity index (χ0n) is 60.5. The summed E-state index contributed by atoms with van der Waals surface area (Å²) in [5, 5.41) is 24.9. The highest BCUT2D eigenvalue weighted by Crippen LogP contribution is 2.30. The Morgan fingerprint density at radius 1 is 0.564 bits per heavy atom. The van der Waals surface area contributed by atoms with E-state index in [4.69, 9.17) is 4.42 Å². The predicted octanol–water partition coefficient (Wildman–Crippen LogP) is 6.66. The molecular formula is C70H113N9O15. The van der Waals surface area contributed by atoms with Crippen molar-refractivity contribution in [3.63, 3.8) is 0 Å². The number of nitrogens with one attached hydrogen (secondary N) is 1. The fourth-order valence-electron chi connectivity index (χ4n) is 12.6. The maximum absolute atomic E-state index is 15.4. The number of aromatic carboxylic acids is 1. The van der Waals surface area contributed by atoms with E-state index in [1.165, 1.54) is 99.0 Å². The molecule has 0 saturated carbocycles. The van der Waals surface area contributed by atoms with Crippen LogP contribution in [0.15, 0.2) is 22.6 Å². The SMILES string of the molecule is CC[C@@H]1CC(=O)[C@H]([C@H](O)[C@H](C)Cc2nc3cc(C(=O)O)ccc3o2)N(C)C(=O)[C@H](C(C)C)N(C)C(=O)[C@H](CC(C)C)N(C)C(=O)[C@H](CC(C)C)N(C)C(=O)[C@@H](C)NC(=O)[C@H](C)CC(=O)[C@H](CC(C)C)N(C)C(=O)[C@H](C(C)C)CC(=O)[C@H](CC(C)C)N(C)C(=O)CN(C)C1=O. The molecule has 1 aliphatic heterocycles. The number of amides is 8. The van der Waals surface area contributed by atoms with Gasteiger partial charge >= 0.3 is 5.97 Å². The number of aliphatic hydroxyl groups is 1. The van der Waals surface area contributed by atoms with Crippen molar-refractivity contribution >= 4 is 81.7 Å². The number of hydrogen-bond acceptors (Lipinski definition) is 15. The third-order valence-corrected chi connectivity index (χ3v) is 18.5. The Labute approximate surface area is 558 Å². The first-order valence-electron chi connectivity index (χ1n) is 33.5. The molecule has 1 fully saturated rings. The van der Waals surface area contributed by atoms with Crippen LogP contribution in [0.1, 0.15) is 178 Å². The number of ketones is 3. The quantitative estimate of drug-likeness (QED) is 0.158. The molecular weight excluding hydrogens is 1210 g/mol. The molecule has 24 nitrogen and oxygen atoms in total. The van der Waals surface area contributed by atoms with Crippen LogP contribution in [-0.4, -0.2) is 224 Å². The van der Waals surface area contributed by atoms with Crippen molar-refractivity contribution in [2.75, 3.05) is 55.9 Å². The Hall–Kier alpha value is -7.11. The number of aromatic nitrogens is 1. The van der Waals surface area contributed by atoms with Crippen molar-refractivity contribution in [1.82, 2.24) is 44.6 Å². The average Bonchev–Trinajstić information content (AvgIpc) is 0.976. The molecule has 2 aromatic rings. The van der Waals surface area contributed by atoms with Gasteiger partial charge in [-0.05, 0) is 98.7 Å². The summed E-state index contributed by atoms with van der Waals surface area (Å²) in [7, 11) is 9.99. The number of carbonyl (C=O) groups excluding carboxylic acids is 11. The number of carboxylic acid groups (broad SMARTS) is 1. The van der Waals surface area contributed by atoms with E-state index in [2.05, 4.69) is 10.3 Å². The lowest BCUT2D eigenvalue weighted by molar-refractivity contribution is -0.157. The lowest BCUT2D eigenvalue weighted by Crippen LogP contribution is -2.62. The molecule has 94 heavy (non-hydrogen) atoms. The van der Waals surface area contributed by atoms with Crippen LogP contribution in [0, 0.1) is 59.2 Å². The molecule has 12 atom stereocenters. The molecule has 24 heteroatoms. The Morgan fingerprint density at radius 3 is 1.52 bits per heavy atom. The number of benzene rings is 1. The van der Waals surface area contributed by atoms with Gasteiger partial charge in [0.2, 0.25) is 47.3 Å². The fraction of sp³-hybridized carbons (Fsp3) is 0.729. The average molecular weight is 1320 g/mol. The van der Waals surface area contributed by atoms with Crippen LogP contribution in [0.5, 0.6) is 0 Å². The van der Waals surface area contributed by atoms with Gasteiger partial charge in [0.05, 0.1) is 30.3 Å². The number of fused-ring (bicyclic) bond motifs is 1. The van der Waals surface area contributed by atoms with Gasteiger partial charge in [-0.3, -0.25) is 52.7 Å². The number of nitrogens with zero attached hydrogens (tertiary/aromatic N) is 8. The van der Waals surface area contributed by atoms with Crippen LogP contribution >= 0.6 is 0 Å². The number of Topliss-reactive ketones (excluding diaryl/α,β-unsaturated/α-hetero) is 3. The van der Waals surface area contributed by atoms with Crippen molar-refractivity contribution < 1.29 is 72.2 Å². The van der Waals surface area contributed by atoms with E-state index < -0.39 is 167 Å². The standard InChI is InChI=1S/C70H113N9O15/c1-24-46-34-56(82)61(62(84)43(14)32-58-72-49-33-47(70(92)93)25-26-57(49)94-58)79(23)69(91)60(42(12)13)78(22)68(90)53(30-40(8)9)77(21)67(89)52(29-39(6)7)76(20)64(86)45(16)71-63(85)44(15)31-54(80)51(28-38(4)5)75(19)66(88)48(41(10)11)35-55(81)50(27-37(2)3)74(18)59(83)36-73(17)65(46)87/h25-26,33,37-46,48,50-53,60-62,84H,24,27-32,34-36H2,1-23H3,(H,71,85)(H,92,93)/t43-,44-,45-,46-,48+,50+,51+,52+,53+,60+,61-,62-/m1/s1. The molecule has 1 aromatic heterocycles. The third kappa shape index (κ3) is 21.2. The van der Waals surface area contributed by atoms with Crippen molar-refractivity contribution in [3.8, 4) is 0 Å². The molecule has 0 radical (unpaired) electrons.